The fourth-order valence-corrected chi connectivity index (χ4v) is 3.68. The number of aliphatic carboxylic acids is 1. The molecule has 1 atom stereocenters. The highest BCUT2D eigenvalue weighted by Gasteiger charge is 2.57. The minimum absolute atomic E-state index is 0.122. The molecule has 0 spiro atoms. The minimum atomic E-state index is -0.640. The molecular weight excluding hydrogens is 216 g/mol. The maximum absolute atomic E-state index is 11.9. The lowest BCUT2D eigenvalue weighted by molar-refractivity contribution is -0.158. The van der Waals surface area contributed by atoms with Gasteiger partial charge in [-0.05, 0) is 31.2 Å². The average Bonchev–Trinajstić information content (AvgIpc) is 2.47. The number of hydrogen-bond acceptors (Lipinski definition) is 3. The smallest absolute Gasteiger partial charge is 0.324 e. The molecule has 0 aromatic carbocycles. The number of carboxylic acid groups (broad SMARTS) is 1. The Hall–Kier alpha value is -0.610. The Bertz CT molecular complexity index is 296. The van der Waals surface area contributed by atoms with Crippen molar-refractivity contribution in [2.75, 3.05) is 26.2 Å². The largest absolute Gasteiger partial charge is 0.480 e. The van der Waals surface area contributed by atoms with Gasteiger partial charge in [0.2, 0.25) is 0 Å². The first-order chi connectivity index (χ1) is 8.01. The van der Waals surface area contributed by atoms with Crippen molar-refractivity contribution in [1.82, 2.24) is 10.2 Å². The molecule has 1 aliphatic carbocycles. The van der Waals surface area contributed by atoms with Gasteiger partial charge in [0.25, 0.3) is 0 Å². The second-order valence-corrected chi connectivity index (χ2v) is 5.99. The van der Waals surface area contributed by atoms with Crippen molar-refractivity contribution in [3.05, 3.63) is 0 Å². The molecule has 98 valence electrons. The van der Waals surface area contributed by atoms with Crippen LogP contribution in [0.15, 0.2) is 0 Å². The zero-order valence-corrected chi connectivity index (χ0v) is 11.0. The molecule has 1 heterocycles. The lowest BCUT2D eigenvalue weighted by Crippen LogP contribution is -2.61. The Labute approximate surface area is 103 Å². The van der Waals surface area contributed by atoms with E-state index in [1.165, 1.54) is 0 Å². The molecule has 2 rings (SSSR count). The zero-order chi connectivity index (χ0) is 12.5. The van der Waals surface area contributed by atoms with Gasteiger partial charge in [0.05, 0.1) is 0 Å². The summed E-state index contributed by atoms with van der Waals surface area (Å²) in [6, 6.07) is 0. The van der Waals surface area contributed by atoms with Gasteiger partial charge < -0.3 is 10.4 Å². The van der Waals surface area contributed by atoms with Crippen LogP contribution in [0.4, 0.5) is 0 Å². The van der Waals surface area contributed by atoms with E-state index in [0.29, 0.717) is 0 Å². The summed E-state index contributed by atoms with van der Waals surface area (Å²) < 4.78 is 0. The first-order valence-corrected chi connectivity index (χ1v) is 6.70. The van der Waals surface area contributed by atoms with Gasteiger partial charge >= 0.3 is 5.97 Å². The van der Waals surface area contributed by atoms with Crippen LogP contribution in [0.25, 0.3) is 0 Å². The summed E-state index contributed by atoms with van der Waals surface area (Å²) in [5.41, 5.74) is -0.762. The van der Waals surface area contributed by atoms with Crippen molar-refractivity contribution in [2.24, 2.45) is 5.41 Å². The van der Waals surface area contributed by atoms with Crippen molar-refractivity contribution in [3.8, 4) is 0 Å². The third kappa shape index (κ3) is 1.97. The van der Waals surface area contributed by atoms with Gasteiger partial charge in [0.15, 0.2) is 0 Å². The Kier molecular flexibility index (Phi) is 3.46. The van der Waals surface area contributed by atoms with Crippen LogP contribution in [-0.4, -0.2) is 47.7 Å². The summed E-state index contributed by atoms with van der Waals surface area (Å²) in [5.74, 6) is -0.623. The van der Waals surface area contributed by atoms with E-state index in [0.717, 1.165) is 51.9 Å². The summed E-state index contributed by atoms with van der Waals surface area (Å²) in [4.78, 5) is 14.1. The molecule has 1 saturated carbocycles. The van der Waals surface area contributed by atoms with Gasteiger partial charge in [-0.25, -0.2) is 0 Å². The summed E-state index contributed by atoms with van der Waals surface area (Å²) in [7, 11) is 0. The van der Waals surface area contributed by atoms with Crippen LogP contribution in [0.2, 0.25) is 0 Å². The fraction of sp³-hybridized carbons (Fsp3) is 0.923. The Morgan fingerprint density at radius 2 is 1.94 bits per heavy atom. The number of hydrogen-bond donors (Lipinski definition) is 2. The van der Waals surface area contributed by atoms with Crippen LogP contribution in [-0.2, 0) is 4.79 Å². The molecule has 0 aromatic heterocycles. The Morgan fingerprint density at radius 3 is 2.53 bits per heavy atom. The molecule has 17 heavy (non-hydrogen) atoms. The third-order valence-electron chi connectivity index (χ3n) is 4.69. The molecule has 0 amide bonds. The fourth-order valence-electron chi connectivity index (χ4n) is 3.68. The molecule has 1 unspecified atom stereocenters. The number of carbonyl (C=O) groups is 1. The number of rotatable bonds is 2. The van der Waals surface area contributed by atoms with Crippen LogP contribution in [0.5, 0.6) is 0 Å². The average molecular weight is 240 g/mol. The van der Waals surface area contributed by atoms with E-state index in [-0.39, 0.29) is 5.41 Å². The van der Waals surface area contributed by atoms with Crippen molar-refractivity contribution in [2.45, 2.75) is 45.1 Å². The van der Waals surface area contributed by atoms with Gasteiger partial charge in [0, 0.05) is 19.6 Å². The molecule has 1 saturated heterocycles. The molecule has 4 nitrogen and oxygen atoms in total. The highest BCUT2D eigenvalue weighted by atomic mass is 16.4. The van der Waals surface area contributed by atoms with Crippen LogP contribution >= 0.6 is 0 Å². The van der Waals surface area contributed by atoms with Crippen molar-refractivity contribution < 1.29 is 9.90 Å². The second kappa shape index (κ2) is 4.58. The van der Waals surface area contributed by atoms with Crippen LogP contribution in [0.3, 0.4) is 0 Å². The van der Waals surface area contributed by atoms with E-state index in [1.54, 1.807) is 0 Å². The molecule has 2 aliphatic rings. The van der Waals surface area contributed by atoms with E-state index in [2.05, 4.69) is 24.1 Å². The van der Waals surface area contributed by atoms with E-state index in [1.807, 2.05) is 0 Å². The lowest BCUT2D eigenvalue weighted by Gasteiger charge is -2.46. The van der Waals surface area contributed by atoms with Crippen LogP contribution < -0.4 is 5.32 Å². The quantitative estimate of drug-likeness (QED) is 0.764. The predicted molar refractivity (Wildman–Crippen MR) is 67.1 cm³/mol. The normalized spacial score (nSPS) is 34.5. The predicted octanol–water partition coefficient (Wildman–Crippen LogP) is 1.32. The number of carboxylic acids is 1. The molecule has 2 N–H and O–H groups in total. The van der Waals surface area contributed by atoms with E-state index in [4.69, 9.17) is 0 Å². The SMILES string of the molecule is CC1(C)CCCC1(C(=O)O)N1CCCNCC1. The van der Waals surface area contributed by atoms with Crippen molar-refractivity contribution in [1.29, 1.82) is 0 Å². The molecule has 0 bridgehead atoms. The van der Waals surface area contributed by atoms with E-state index >= 15 is 0 Å². The molecule has 0 aromatic rings. The van der Waals surface area contributed by atoms with Gasteiger partial charge in [-0.3, -0.25) is 9.69 Å². The van der Waals surface area contributed by atoms with E-state index in [9.17, 15) is 9.90 Å². The second-order valence-electron chi connectivity index (χ2n) is 5.99. The highest BCUT2D eigenvalue weighted by Crippen LogP contribution is 2.49. The Morgan fingerprint density at radius 1 is 1.18 bits per heavy atom. The van der Waals surface area contributed by atoms with Gasteiger partial charge in [-0.2, -0.15) is 0 Å². The lowest BCUT2D eigenvalue weighted by atomic mass is 9.73. The first-order valence-electron chi connectivity index (χ1n) is 6.70. The number of nitrogens with zero attached hydrogens (tertiary/aromatic N) is 1. The van der Waals surface area contributed by atoms with Gasteiger partial charge in [-0.15, -0.1) is 0 Å². The maximum Gasteiger partial charge on any atom is 0.324 e. The molecular formula is C13H24N2O2. The van der Waals surface area contributed by atoms with E-state index < -0.39 is 11.5 Å². The number of nitrogens with one attached hydrogen (secondary N) is 1. The summed E-state index contributed by atoms with van der Waals surface area (Å²) in [5, 5.41) is 13.1. The van der Waals surface area contributed by atoms with Crippen molar-refractivity contribution in [3.63, 3.8) is 0 Å². The molecule has 1 aliphatic heterocycles. The Balaban J connectivity index is 2.30. The monoisotopic (exact) mass is 240 g/mol. The van der Waals surface area contributed by atoms with Gasteiger partial charge in [0.1, 0.15) is 5.54 Å². The standard InChI is InChI=1S/C13H24N2O2/c1-12(2)5-3-6-13(12,11(16)17)15-9-4-7-14-8-10-15/h14H,3-10H2,1-2H3,(H,16,17). The summed E-state index contributed by atoms with van der Waals surface area (Å²) in [6.07, 6.45) is 3.90. The molecule has 2 fully saturated rings. The van der Waals surface area contributed by atoms with Crippen LogP contribution in [0.1, 0.15) is 39.5 Å². The molecule has 4 heteroatoms. The maximum atomic E-state index is 11.9. The topological polar surface area (TPSA) is 52.6 Å². The van der Waals surface area contributed by atoms with Gasteiger partial charge in [-0.1, -0.05) is 20.3 Å². The summed E-state index contributed by atoms with van der Waals surface area (Å²) >= 11 is 0. The first kappa shape index (κ1) is 12.8. The van der Waals surface area contributed by atoms with Crippen LogP contribution in [0, 0.1) is 5.41 Å². The summed E-state index contributed by atoms with van der Waals surface area (Å²) in [6.45, 7) is 7.91. The molecule has 0 radical (unpaired) electrons. The highest BCUT2D eigenvalue weighted by molar-refractivity contribution is 5.80. The zero-order valence-electron chi connectivity index (χ0n) is 11.0. The minimum Gasteiger partial charge on any atom is -0.480 e. The third-order valence-corrected chi connectivity index (χ3v) is 4.69. The van der Waals surface area contributed by atoms with Crippen molar-refractivity contribution >= 4 is 5.97 Å².